The maximum absolute atomic E-state index is 12.8. The molecule has 22 heavy (non-hydrogen) atoms. The summed E-state index contributed by atoms with van der Waals surface area (Å²) in [5, 5.41) is 0. The number of benzene rings is 2. The molecule has 0 N–H and O–H groups in total. The van der Waals surface area contributed by atoms with Crippen molar-refractivity contribution in [2.45, 2.75) is 9.79 Å². The van der Waals surface area contributed by atoms with Crippen LogP contribution in [0.5, 0.6) is 0 Å². The third kappa shape index (κ3) is 3.29. The van der Waals surface area contributed by atoms with Gasteiger partial charge in [-0.2, -0.15) is 0 Å². The van der Waals surface area contributed by atoms with Crippen LogP contribution in [0.4, 0.5) is 8.78 Å². The van der Waals surface area contributed by atoms with Crippen molar-refractivity contribution in [3.8, 4) is 0 Å². The van der Waals surface area contributed by atoms with Gasteiger partial charge >= 0.3 is 0 Å². The summed E-state index contributed by atoms with van der Waals surface area (Å²) in [6, 6.07) is 7.44. The lowest BCUT2D eigenvalue weighted by Gasteiger charge is -2.15. The largest absolute Gasteiger partial charge is 0.265 e. The van der Waals surface area contributed by atoms with Crippen molar-refractivity contribution in [3.63, 3.8) is 0 Å². The van der Waals surface area contributed by atoms with Gasteiger partial charge in [-0.1, -0.05) is 0 Å². The average Bonchev–Trinajstić information content (AvgIpc) is 2.47. The predicted molar refractivity (Wildman–Crippen MR) is 83.0 cm³/mol. The summed E-state index contributed by atoms with van der Waals surface area (Å²) in [7, 11) is -8.80. The van der Waals surface area contributed by atoms with Gasteiger partial charge in [-0.25, -0.2) is 25.6 Å². The first-order chi connectivity index (χ1) is 10.2. The van der Waals surface area contributed by atoms with Crippen molar-refractivity contribution in [1.82, 2.24) is 1.92 Å². The first-order valence-electron chi connectivity index (χ1n) is 5.63. The van der Waals surface area contributed by atoms with E-state index >= 15 is 0 Å². The minimum absolute atomic E-state index is 0.137. The number of hydrogen-bond acceptors (Lipinski definition) is 4. The molecule has 0 aliphatic heterocycles. The third-order valence-corrected chi connectivity index (χ3v) is 9.38. The van der Waals surface area contributed by atoms with E-state index < -0.39 is 31.7 Å². The Morgan fingerprint density at radius 2 is 0.955 bits per heavy atom. The standard InChI is InChI=1S/C12H8F2INO4S2/c13-9-1-5-11(6-2-9)21(17,18)16(15)22(19,20)12-7-3-10(14)4-8-12/h1-8H. The zero-order valence-corrected chi connectivity index (χ0v) is 14.4. The van der Waals surface area contributed by atoms with Crippen LogP contribution in [0.15, 0.2) is 58.3 Å². The highest BCUT2D eigenvalue weighted by Crippen LogP contribution is 2.28. The molecular weight excluding hydrogens is 451 g/mol. The molecule has 0 amide bonds. The second kappa shape index (κ2) is 6.18. The summed E-state index contributed by atoms with van der Waals surface area (Å²) in [5.41, 5.74) is 0. The Bertz CT molecular complexity index is 806. The van der Waals surface area contributed by atoms with Crippen molar-refractivity contribution < 1.29 is 25.6 Å². The molecule has 0 saturated heterocycles. The van der Waals surface area contributed by atoms with E-state index in [2.05, 4.69) is 0 Å². The first-order valence-corrected chi connectivity index (χ1v) is 9.47. The molecule has 0 radical (unpaired) electrons. The minimum atomic E-state index is -4.40. The van der Waals surface area contributed by atoms with E-state index in [1.54, 1.807) is 0 Å². The van der Waals surface area contributed by atoms with Crippen LogP contribution in [0.1, 0.15) is 0 Å². The van der Waals surface area contributed by atoms with Gasteiger partial charge in [0.1, 0.15) is 11.6 Å². The summed E-state index contributed by atoms with van der Waals surface area (Å²) in [5.74, 6) is -1.30. The van der Waals surface area contributed by atoms with Gasteiger partial charge < -0.3 is 0 Å². The lowest BCUT2D eigenvalue weighted by Crippen LogP contribution is -2.28. The normalized spacial score (nSPS) is 12.5. The first kappa shape index (κ1) is 17.2. The lowest BCUT2D eigenvalue weighted by molar-refractivity contribution is 0.559. The SMILES string of the molecule is O=S(=O)(c1ccc(F)cc1)N(I)S(=O)(=O)c1ccc(F)cc1. The second-order valence-electron chi connectivity index (χ2n) is 4.07. The summed E-state index contributed by atoms with van der Waals surface area (Å²) in [4.78, 5) is -0.761. The van der Waals surface area contributed by atoms with Gasteiger partial charge in [-0.15, -0.1) is 0 Å². The van der Waals surface area contributed by atoms with E-state index in [9.17, 15) is 25.6 Å². The quantitative estimate of drug-likeness (QED) is 0.521. The van der Waals surface area contributed by atoms with Gasteiger partial charge in [0.2, 0.25) is 0 Å². The predicted octanol–water partition coefficient (Wildman–Crippen LogP) is 2.69. The molecule has 0 atom stereocenters. The Morgan fingerprint density at radius 3 is 1.23 bits per heavy atom. The summed E-state index contributed by atoms with van der Waals surface area (Å²) < 4.78 is 74.9. The Morgan fingerprint density at radius 1 is 0.682 bits per heavy atom. The van der Waals surface area contributed by atoms with Gasteiger partial charge in [-0.05, 0) is 50.5 Å². The molecule has 0 unspecified atom stereocenters. The van der Waals surface area contributed by atoms with E-state index in [1.165, 1.54) is 0 Å². The Kier molecular flexibility index (Phi) is 4.84. The molecule has 2 rings (SSSR count). The number of hydrogen-bond donors (Lipinski definition) is 0. The molecule has 10 heteroatoms. The molecule has 0 spiro atoms. The molecule has 0 aliphatic carbocycles. The molecule has 2 aromatic rings. The topological polar surface area (TPSA) is 71.5 Å². The molecule has 0 aliphatic rings. The van der Waals surface area contributed by atoms with E-state index in [-0.39, 0.29) is 11.7 Å². The lowest BCUT2D eigenvalue weighted by atomic mass is 10.4. The van der Waals surface area contributed by atoms with Gasteiger partial charge in [-0.3, -0.25) is 0 Å². The fourth-order valence-electron chi connectivity index (χ4n) is 1.51. The van der Waals surface area contributed by atoms with E-state index in [0.717, 1.165) is 71.4 Å². The maximum atomic E-state index is 12.8. The van der Waals surface area contributed by atoms with Gasteiger partial charge in [0, 0.05) is 0 Å². The average molecular weight is 459 g/mol. The molecular formula is C12H8F2INO4S2. The zero-order chi connectivity index (χ0) is 16.5. The van der Waals surface area contributed by atoms with Gasteiger partial charge in [0.05, 0.1) is 32.7 Å². The third-order valence-electron chi connectivity index (χ3n) is 2.60. The van der Waals surface area contributed by atoms with Crippen molar-refractivity contribution in [2.24, 2.45) is 0 Å². The van der Waals surface area contributed by atoms with Gasteiger partial charge in [0.15, 0.2) is 0 Å². The van der Waals surface area contributed by atoms with Crippen LogP contribution in [-0.4, -0.2) is 18.8 Å². The van der Waals surface area contributed by atoms with Gasteiger partial charge in [0.25, 0.3) is 20.0 Å². The van der Waals surface area contributed by atoms with E-state index in [0.29, 0.717) is 0 Å². The van der Waals surface area contributed by atoms with Crippen LogP contribution in [0.25, 0.3) is 0 Å². The molecule has 2 aromatic carbocycles. The maximum Gasteiger partial charge on any atom is 0.265 e. The number of nitrogens with zero attached hydrogens (tertiary/aromatic N) is 1. The monoisotopic (exact) mass is 459 g/mol. The minimum Gasteiger partial charge on any atom is -0.207 e. The molecule has 0 heterocycles. The fraction of sp³-hybridized carbons (Fsp3) is 0. The molecule has 118 valence electrons. The van der Waals surface area contributed by atoms with Crippen LogP contribution in [0.2, 0.25) is 0 Å². The van der Waals surface area contributed by atoms with Crippen LogP contribution < -0.4 is 0 Å². The summed E-state index contributed by atoms with van der Waals surface area (Å²) >= 11 is 1.12. The Hall–Kier alpha value is -1.11. The molecule has 5 nitrogen and oxygen atoms in total. The zero-order valence-electron chi connectivity index (χ0n) is 10.6. The second-order valence-corrected chi connectivity index (χ2v) is 10.1. The smallest absolute Gasteiger partial charge is 0.207 e. The van der Waals surface area contributed by atoms with E-state index in [1.807, 2.05) is 0 Å². The van der Waals surface area contributed by atoms with Crippen LogP contribution >= 0.6 is 22.9 Å². The number of halogens is 3. The molecule has 0 bridgehead atoms. The van der Waals surface area contributed by atoms with E-state index in [4.69, 9.17) is 0 Å². The molecule has 0 saturated carbocycles. The molecule has 0 aromatic heterocycles. The highest BCUT2D eigenvalue weighted by Gasteiger charge is 2.34. The summed E-state index contributed by atoms with van der Waals surface area (Å²) in [6.07, 6.45) is 0. The highest BCUT2D eigenvalue weighted by molar-refractivity contribution is 14.1. The van der Waals surface area contributed by atoms with Crippen molar-refractivity contribution in [1.29, 1.82) is 0 Å². The number of sulfonamides is 2. The fourth-order valence-corrected chi connectivity index (χ4v) is 5.71. The van der Waals surface area contributed by atoms with Crippen LogP contribution in [0, 0.1) is 11.6 Å². The van der Waals surface area contributed by atoms with Crippen LogP contribution in [0.3, 0.4) is 0 Å². The van der Waals surface area contributed by atoms with Crippen molar-refractivity contribution in [3.05, 3.63) is 60.2 Å². The molecule has 0 fully saturated rings. The Labute approximate surface area is 140 Å². The van der Waals surface area contributed by atoms with Crippen molar-refractivity contribution >= 4 is 42.9 Å². The summed E-state index contributed by atoms with van der Waals surface area (Å²) in [6.45, 7) is 0. The van der Waals surface area contributed by atoms with Crippen molar-refractivity contribution in [2.75, 3.05) is 0 Å². The highest BCUT2D eigenvalue weighted by atomic mass is 127. The Balaban J connectivity index is 2.47. The van der Waals surface area contributed by atoms with Crippen LogP contribution in [-0.2, 0) is 20.0 Å². The number of rotatable bonds is 4.